The molecule has 0 saturated heterocycles. The normalized spacial score (nSPS) is 13.9. The van der Waals surface area contributed by atoms with E-state index in [-0.39, 0.29) is 25.7 Å². The van der Waals surface area contributed by atoms with Gasteiger partial charge < -0.3 is 33.8 Å². The summed E-state index contributed by atoms with van der Waals surface area (Å²) in [6.45, 7) is 4.94. The van der Waals surface area contributed by atoms with Gasteiger partial charge in [0, 0.05) is 25.7 Å². The van der Waals surface area contributed by atoms with E-state index >= 15 is 0 Å². The van der Waals surface area contributed by atoms with Crippen molar-refractivity contribution < 1.29 is 80.2 Å². The lowest BCUT2D eigenvalue weighted by molar-refractivity contribution is -0.161. The van der Waals surface area contributed by atoms with E-state index in [4.69, 9.17) is 37.0 Å². The molecule has 0 aromatic carbocycles. The summed E-state index contributed by atoms with van der Waals surface area (Å²) in [7, 11) is -9.90. The van der Waals surface area contributed by atoms with Crippen LogP contribution in [-0.2, 0) is 65.4 Å². The number of phosphoric ester groups is 2. The molecule has 0 heterocycles. The predicted octanol–water partition coefficient (Wildman–Crippen LogP) is 21.4. The summed E-state index contributed by atoms with van der Waals surface area (Å²) >= 11 is 0. The van der Waals surface area contributed by atoms with E-state index < -0.39 is 97.5 Å². The highest BCUT2D eigenvalue weighted by atomic mass is 31.2. The molecule has 0 aromatic rings. The average molecular weight is 1350 g/mol. The van der Waals surface area contributed by atoms with Gasteiger partial charge in [-0.3, -0.25) is 37.3 Å². The lowest BCUT2D eigenvalue weighted by Crippen LogP contribution is -2.30. The maximum Gasteiger partial charge on any atom is 0.472 e. The molecule has 0 aliphatic carbocycles. The second-order valence-electron chi connectivity index (χ2n) is 26.3. The first-order chi connectivity index (χ1) is 44.7. The number of carbonyl (C=O) groups is 4. The van der Waals surface area contributed by atoms with Gasteiger partial charge in [0.25, 0.3) is 0 Å². The average Bonchev–Trinajstić information content (AvgIpc) is 2.49. The zero-order chi connectivity index (χ0) is 67.5. The molecule has 546 valence electrons. The first-order valence-electron chi connectivity index (χ1n) is 38.3. The minimum atomic E-state index is -4.95. The van der Waals surface area contributed by atoms with E-state index in [2.05, 4.69) is 27.7 Å². The fourth-order valence-corrected chi connectivity index (χ4v) is 12.8. The van der Waals surface area contributed by atoms with E-state index in [0.29, 0.717) is 25.7 Å². The lowest BCUT2D eigenvalue weighted by Gasteiger charge is -2.21. The molecule has 0 aliphatic rings. The van der Waals surface area contributed by atoms with Crippen LogP contribution in [0.4, 0.5) is 0 Å². The van der Waals surface area contributed by atoms with Gasteiger partial charge in [0.1, 0.15) is 19.3 Å². The molecule has 0 bridgehead atoms. The number of aliphatic hydroxyl groups is 1. The van der Waals surface area contributed by atoms with Gasteiger partial charge in [0.05, 0.1) is 26.4 Å². The smallest absolute Gasteiger partial charge is 0.462 e. The van der Waals surface area contributed by atoms with Gasteiger partial charge in [-0.1, -0.05) is 336 Å². The van der Waals surface area contributed by atoms with Crippen LogP contribution in [0.2, 0.25) is 0 Å². The van der Waals surface area contributed by atoms with Crippen LogP contribution in [0, 0.1) is 0 Å². The maximum absolute atomic E-state index is 13.1. The van der Waals surface area contributed by atoms with Gasteiger partial charge in [-0.25, -0.2) is 9.13 Å². The molecular formula is C73H142O17P2. The lowest BCUT2D eigenvalue weighted by atomic mass is 10.0. The van der Waals surface area contributed by atoms with E-state index in [1.54, 1.807) is 0 Å². The Balaban J connectivity index is 5.19. The first kappa shape index (κ1) is 90.1. The Hall–Kier alpha value is -1.94. The summed E-state index contributed by atoms with van der Waals surface area (Å²) in [6.07, 6.45) is 56.9. The van der Waals surface area contributed by atoms with Crippen molar-refractivity contribution in [1.82, 2.24) is 0 Å². The number of carbonyl (C=O) groups excluding carboxylic acids is 4. The Bertz CT molecular complexity index is 1760. The number of aliphatic hydroxyl groups excluding tert-OH is 1. The predicted molar refractivity (Wildman–Crippen MR) is 372 cm³/mol. The summed E-state index contributed by atoms with van der Waals surface area (Å²) < 4.78 is 68.3. The van der Waals surface area contributed by atoms with Gasteiger partial charge in [-0.15, -0.1) is 0 Å². The number of phosphoric acid groups is 2. The summed E-state index contributed by atoms with van der Waals surface area (Å²) in [5.41, 5.74) is 0. The maximum atomic E-state index is 13.1. The third kappa shape index (κ3) is 66.7. The van der Waals surface area contributed by atoms with Crippen molar-refractivity contribution in [2.24, 2.45) is 0 Å². The van der Waals surface area contributed by atoms with Crippen molar-refractivity contribution in [3.8, 4) is 0 Å². The molecule has 0 fully saturated rings. The molecule has 0 aromatic heterocycles. The Morgan fingerprint density at radius 2 is 0.435 bits per heavy atom. The monoisotopic (exact) mass is 1350 g/mol. The second-order valence-corrected chi connectivity index (χ2v) is 29.2. The molecule has 3 N–H and O–H groups in total. The van der Waals surface area contributed by atoms with E-state index in [1.807, 2.05) is 0 Å². The Labute approximate surface area is 562 Å². The van der Waals surface area contributed by atoms with Crippen molar-refractivity contribution in [2.75, 3.05) is 39.6 Å². The van der Waals surface area contributed by atoms with Crippen molar-refractivity contribution >= 4 is 39.5 Å². The largest absolute Gasteiger partial charge is 0.472 e. The molecule has 0 amide bonds. The molecule has 0 saturated carbocycles. The number of esters is 4. The highest BCUT2D eigenvalue weighted by molar-refractivity contribution is 7.47. The molecule has 0 rings (SSSR count). The van der Waals surface area contributed by atoms with Crippen LogP contribution in [0.3, 0.4) is 0 Å². The fourth-order valence-electron chi connectivity index (χ4n) is 11.2. The van der Waals surface area contributed by atoms with Gasteiger partial charge in [0.2, 0.25) is 0 Å². The summed E-state index contributed by atoms with van der Waals surface area (Å²) in [5, 5.41) is 10.6. The number of rotatable bonds is 74. The molecule has 17 nitrogen and oxygen atoms in total. The van der Waals surface area contributed by atoms with Gasteiger partial charge in [-0.2, -0.15) is 0 Å². The van der Waals surface area contributed by atoms with E-state index in [9.17, 15) is 43.2 Å². The van der Waals surface area contributed by atoms with Crippen molar-refractivity contribution in [3.63, 3.8) is 0 Å². The molecule has 2 unspecified atom stereocenters. The highest BCUT2D eigenvalue weighted by Crippen LogP contribution is 2.45. The van der Waals surface area contributed by atoms with Crippen molar-refractivity contribution in [1.29, 1.82) is 0 Å². The fraction of sp³-hybridized carbons (Fsp3) is 0.945. The Morgan fingerprint density at radius 3 is 0.641 bits per heavy atom. The highest BCUT2D eigenvalue weighted by Gasteiger charge is 2.30. The zero-order valence-electron chi connectivity index (χ0n) is 59.5. The van der Waals surface area contributed by atoms with Crippen LogP contribution in [-0.4, -0.2) is 96.7 Å². The van der Waals surface area contributed by atoms with Gasteiger partial charge in [0.15, 0.2) is 12.2 Å². The standard InChI is InChI=1S/C73H142O17P2/c1-5-9-13-17-21-24-27-30-32-33-35-38-41-44-48-52-56-60-73(78)90-69(64-84-71(76)58-54-50-46-42-39-37-34-31-28-25-22-18-14-10-6-2)66-88-92(81,82)86-62-67(74)61-85-91(79,80)87-65-68(63-83-70(75)57-53-49-45-20-16-12-8-4)89-72(77)59-55-51-47-43-40-36-29-26-23-19-15-11-7-3/h67-69,74H,5-66H2,1-4H3,(H,79,80)(H,81,82)/t67-,68+,69+/m0/s1. The van der Waals surface area contributed by atoms with E-state index in [0.717, 1.165) is 103 Å². The molecule has 5 atom stereocenters. The van der Waals surface area contributed by atoms with Crippen LogP contribution in [0.1, 0.15) is 387 Å². The summed E-state index contributed by atoms with van der Waals surface area (Å²) in [5.74, 6) is -2.12. The zero-order valence-corrected chi connectivity index (χ0v) is 61.3. The number of unbranched alkanes of at least 4 members (excludes halogenated alkanes) is 48. The minimum absolute atomic E-state index is 0.108. The van der Waals surface area contributed by atoms with Crippen LogP contribution < -0.4 is 0 Å². The molecule has 19 heteroatoms. The van der Waals surface area contributed by atoms with Crippen LogP contribution in [0.25, 0.3) is 0 Å². The third-order valence-corrected chi connectivity index (χ3v) is 19.0. The molecule has 92 heavy (non-hydrogen) atoms. The Kier molecular flexibility index (Phi) is 66.2. The quantitative estimate of drug-likeness (QED) is 0.0222. The van der Waals surface area contributed by atoms with Crippen molar-refractivity contribution in [3.05, 3.63) is 0 Å². The van der Waals surface area contributed by atoms with Crippen molar-refractivity contribution in [2.45, 2.75) is 406 Å². The summed E-state index contributed by atoms with van der Waals surface area (Å²) in [4.78, 5) is 72.6. The SMILES string of the molecule is CCCCCCCCCCCCCCCCCCCC(=O)O[C@H](COC(=O)CCCCCCCCCCCCCCCCC)COP(=O)(O)OC[C@@H](O)COP(=O)(O)OC[C@@H](COC(=O)CCCCCCCCC)OC(=O)CCCCCCCCCCCCCCC. The molecular weight excluding hydrogens is 1210 g/mol. The first-order valence-corrected chi connectivity index (χ1v) is 41.3. The number of hydrogen-bond acceptors (Lipinski definition) is 15. The topological polar surface area (TPSA) is 237 Å². The van der Waals surface area contributed by atoms with Crippen LogP contribution in [0.5, 0.6) is 0 Å². The number of hydrogen-bond donors (Lipinski definition) is 3. The summed E-state index contributed by atoms with van der Waals surface area (Å²) in [6, 6.07) is 0. The minimum Gasteiger partial charge on any atom is -0.462 e. The second kappa shape index (κ2) is 67.6. The van der Waals surface area contributed by atoms with Crippen LogP contribution in [0.15, 0.2) is 0 Å². The number of ether oxygens (including phenoxy) is 4. The molecule has 0 aliphatic heterocycles. The van der Waals surface area contributed by atoms with Gasteiger partial charge in [-0.05, 0) is 25.7 Å². The van der Waals surface area contributed by atoms with Crippen LogP contribution >= 0.6 is 15.6 Å². The Morgan fingerprint density at radius 1 is 0.261 bits per heavy atom. The molecule has 0 spiro atoms. The third-order valence-electron chi connectivity index (χ3n) is 17.1. The molecule has 0 radical (unpaired) electrons. The van der Waals surface area contributed by atoms with Gasteiger partial charge >= 0.3 is 39.5 Å². The van der Waals surface area contributed by atoms with E-state index in [1.165, 1.54) is 205 Å².